The zero-order chi connectivity index (χ0) is 14.2. The number of methoxy groups -OCH3 is 1. The largest absolute Gasteiger partial charge is 0.394 e. The van der Waals surface area contributed by atoms with Crippen molar-refractivity contribution in [2.75, 3.05) is 33.4 Å². The molecule has 1 aromatic heterocycles. The Bertz CT molecular complexity index is 497. The normalized spacial score (nSPS) is 36.3. The molecule has 3 fully saturated rings. The lowest BCUT2D eigenvalue weighted by Crippen LogP contribution is -2.73. The first-order valence-electron chi connectivity index (χ1n) is 7.00. The quantitative estimate of drug-likeness (QED) is 0.861. The second kappa shape index (κ2) is 4.91. The minimum absolute atomic E-state index is 0.0832. The van der Waals surface area contributed by atoms with Gasteiger partial charge in [0.2, 0.25) is 0 Å². The molecule has 0 unspecified atom stereocenters. The highest BCUT2D eigenvalue weighted by molar-refractivity contribution is 5.99. The summed E-state index contributed by atoms with van der Waals surface area (Å²) in [4.78, 5) is 19.4. The molecule has 5 nitrogen and oxygen atoms in total. The van der Waals surface area contributed by atoms with Crippen LogP contribution < -0.4 is 0 Å². The van der Waals surface area contributed by atoms with Gasteiger partial charge in [-0.25, -0.2) is 0 Å². The van der Waals surface area contributed by atoms with Gasteiger partial charge in [0.05, 0.1) is 18.6 Å². The van der Waals surface area contributed by atoms with Crippen LogP contribution in [0.3, 0.4) is 0 Å². The van der Waals surface area contributed by atoms with Gasteiger partial charge in [0, 0.05) is 32.6 Å². The zero-order valence-electron chi connectivity index (χ0n) is 11.7. The molecule has 0 aromatic carbocycles. The third kappa shape index (κ3) is 1.67. The standard InChI is InChI=1S/C15H20N2O3/c1-20-11-15(10-18)13(19)14(4-7-17(15)8-5-14)12-3-2-6-16-9-12/h2-3,6,9,18H,4-5,7-8,10-11H2,1H3/t15-/m0/s1. The van der Waals surface area contributed by atoms with Crippen LogP contribution in [0, 0.1) is 0 Å². The molecule has 5 heteroatoms. The number of rotatable bonds is 4. The van der Waals surface area contributed by atoms with E-state index in [2.05, 4.69) is 9.88 Å². The lowest BCUT2D eigenvalue weighted by atomic mass is 9.60. The lowest BCUT2D eigenvalue weighted by molar-refractivity contribution is -0.162. The first-order chi connectivity index (χ1) is 9.69. The van der Waals surface area contributed by atoms with E-state index in [1.807, 2.05) is 12.1 Å². The number of ether oxygens (including phenoxy) is 1. The van der Waals surface area contributed by atoms with Crippen LogP contribution >= 0.6 is 0 Å². The van der Waals surface area contributed by atoms with Crippen molar-refractivity contribution in [3.63, 3.8) is 0 Å². The summed E-state index contributed by atoms with van der Waals surface area (Å²) < 4.78 is 5.24. The van der Waals surface area contributed by atoms with Crippen LogP contribution in [-0.4, -0.2) is 59.7 Å². The maximum absolute atomic E-state index is 13.1. The Hall–Kier alpha value is -1.30. The van der Waals surface area contributed by atoms with Crippen molar-refractivity contribution in [1.29, 1.82) is 0 Å². The Kier molecular flexibility index (Phi) is 3.36. The Balaban J connectivity index is 2.07. The molecule has 0 amide bonds. The number of hydrogen-bond acceptors (Lipinski definition) is 5. The van der Waals surface area contributed by atoms with Crippen molar-refractivity contribution in [2.24, 2.45) is 0 Å². The molecule has 0 aliphatic carbocycles. The third-order valence-corrected chi connectivity index (χ3v) is 4.94. The van der Waals surface area contributed by atoms with E-state index in [1.54, 1.807) is 19.5 Å². The van der Waals surface area contributed by atoms with Crippen molar-refractivity contribution >= 4 is 5.78 Å². The van der Waals surface area contributed by atoms with Gasteiger partial charge in [-0.15, -0.1) is 0 Å². The monoisotopic (exact) mass is 276 g/mol. The summed E-state index contributed by atoms with van der Waals surface area (Å²) in [5.41, 5.74) is -0.427. The highest BCUT2D eigenvalue weighted by atomic mass is 16.5. The van der Waals surface area contributed by atoms with Crippen LogP contribution in [0.4, 0.5) is 0 Å². The molecular formula is C15H20N2O3. The molecule has 3 aliphatic rings. The van der Waals surface area contributed by atoms with Crippen molar-refractivity contribution < 1.29 is 14.6 Å². The van der Waals surface area contributed by atoms with E-state index in [-0.39, 0.29) is 19.0 Å². The number of aromatic nitrogens is 1. The molecule has 1 atom stereocenters. The summed E-state index contributed by atoms with van der Waals surface area (Å²) in [6, 6.07) is 3.84. The molecule has 3 aliphatic heterocycles. The number of Topliss-reactive ketones (excluding diaryl/α,β-unsaturated/α-hetero) is 1. The molecule has 108 valence electrons. The summed E-state index contributed by atoms with van der Waals surface area (Å²) in [7, 11) is 1.57. The highest BCUT2D eigenvalue weighted by Crippen LogP contribution is 2.46. The molecule has 0 radical (unpaired) electrons. The lowest BCUT2D eigenvalue weighted by Gasteiger charge is -2.57. The number of nitrogens with zero attached hydrogens (tertiary/aromatic N) is 2. The molecule has 20 heavy (non-hydrogen) atoms. The number of carbonyl (C=O) groups excluding carboxylic acids is 1. The summed E-state index contributed by atoms with van der Waals surface area (Å²) in [5, 5.41) is 9.87. The average molecular weight is 276 g/mol. The van der Waals surface area contributed by atoms with Crippen molar-refractivity contribution in [1.82, 2.24) is 9.88 Å². The van der Waals surface area contributed by atoms with Gasteiger partial charge in [-0.05, 0) is 24.5 Å². The summed E-state index contributed by atoms with van der Waals surface area (Å²) >= 11 is 0. The fourth-order valence-corrected chi connectivity index (χ4v) is 3.81. The van der Waals surface area contributed by atoms with Gasteiger partial charge < -0.3 is 9.84 Å². The number of fused-ring (bicyclic) bond motifs is 3. The van der Waals surface area contributed by atoms with E-state index in [1.165, 1.54) is 0 Å². The molecule has 1 aromatic rings. The minimum Gasteiger partial charge on any atom is -0.394 e. The van der Waals surface area contributed by atoms with Crippen LogP contribution in [0.2, 0.25) is 0 Å². The third-order valence-electron chi connectivity index (χ3n) is 4.94. The van der Waals surface area contributed by atoms with Crippen LogP contribution in [-0.2, 0) is 14.9 Å². The van der Waals surface area contributed by atoms with Crippen LogP contribution in [0.15, 0.2) is 24.5 Å². The van der Waals surface area contributed by atoms with Crippen molar-refractivity contribution in [3.05, 3.63) is 30.1 Å². The van der Waals surface area contributed by atoms with Gasteiger partial charge in [0.25, 0.3) is 0 Å². The Morgan fingerprint density at radius 1 is 1.45 bits per heavy atom. The van der Waals surface area contributed by atoms with E-state index < -0.39 is 11.0 Å². The Labute approximate surface area is 118 Å². The number of hydrogen-bond donors (Lipinski definition) is 1. The average Bonchev–Trinajstić information content (AvgIpc) is 2.52. The van der Waals surface area contributed by atoms with E-state index >= 15 is 0 Å². The summed E-state index contributed by atoms with van der Waals surface area (Å²) in [5.74, 6) is 0.0832. The predicted molar refractivity (Wildman–Crippen MR) is 73.4 cm³/mol. The predicted octanol–water partition coefficient (Wildman–Crippen LogP) is 0.375. The maximum Gasteiger partial charge on any atom is 0.168 e. The number of aliphatic hydroxyl groups is 1. The Morgan fingerprint density at radius 3 is 2.75 bits per heavy atom. The topological polar surface area (TPSA) is 62.7 Å². The number of carbonyl (C=O) groups is 1. The van der Waals surface area contributed by atoms with Gasteiger partial charge >= 0.3 is 0 Å². The van der Waals surface area contributed by atoms with Gasteiger partial charge in [-0.2, -0.15) is 0 Å². The van der Waals surface area contributed by atoms with Gasteiger partial charge in [0.15, 0.2) is 5.78 Å². The number of aliphatic hydroxyl groups excluding tert-OH is 1. The van der Waals surface area contributed by atoms with Gasteiger partial charge in [-0.3, -0.25) is 14.7 Å². The first kappa shape index (κ1) is 13.7. The highest BCUT2D eigenvalue weighted by Gasteiger charge is 2.60. The molecule has 3 saturated heterocycles. The van der Waals surface area contributed by atoms with E-state index in [9.17, 15) is 9.90 Å². The fraction of sp³-hybridized carbons (Fsp3) is 0.600. The van der Waals surface area contributed by atoms with E-state index in [0.717, 1.165) is 31.5 Å². The number of ketones is 1. The molecule has 4 rings (SSSR count). The summed E-state index contributed by atoms with van der Waals surface area (Å²) in [6.07, 6.45) is 5.09. The van der Waals surface area contributed by atoms with Gasteiger partial charge in [0.1, 0.15) is 5.54 Å². The molecule has 2 bridgehead atoms. The van der Waals surface area contributed by atoms with Gasteiger partial charge in [-0.1, -0.05) is 6.07 Å². The molecular weight excluding hydrogens is 256 g/mol. The summed E-state index contributed by atoms with van der Waals surface area (Å²) in [6.45, 7) is 1.67. The van der Waals surface area contributed by atoms with Crippen molar-refractivity contribution in [3.8, 4) is 0 Å². The molecule has 1 N–H and O–H groups in total. The van der Waals surface area contributed by atoms with Crippen LogP contribution in [0.5, 0.6) is 0 Å². The second-order valence-corrected chi connectivity index (χ2v) is 5.76. The van der Waals surface area contributed by atoms with E-state index in [4.69, 9.17) is 4.74 Å². The molecule has 0 spiro atoms. The van der Waals surface area contributed by atoms with Crippen LogP contribution in [0.1, 0.15) is 18.4 Å². The number of pyridine rings is 1. The minimum atomic E-state index is -0.888. The van der Waals surface area contributed by atoms with E-state index in [0.29, 0.717) is 0 Å². The maximum atomic E-state index is 13.1. The fourth-order valence-electron chi connectivity index (χ4n) is 3.81. The van der Waals surface area contributed by atoms with Crippen LogP contribution in [0.25, 0.3) is 0 Å². The van der Waals surface area contributed by atoms with Crippen molar-refractivity contribution in [2.45, 2.75) is 23.8 Å². The smallest absolute Gasteiger partial charge is 0.168 e. The molecule has 4 heterocycles. The SMILES string of the molecule is COC[C@@]1(CO)C(=O)C2(c3cccnc3)CCN1CC2. The Morgan fingerprint density at radius 2 is 2.20 bits per heavy atom. The molecule has 0 saturated carbocycles. The second-order valence-electron chi connectivity index (χ2n) is 5.76. The zero-order valence-corrected chi connectivity index (χ0v) is 11.7. The number of piperidine rings is 3. The first-order valence-corrected chi connectivity index (χ1v) is 7.00.